The summed E-state index contributed by atoms with van der Waals surface area (Å²) in [4.78, 5) is 14.4. The first-order valence-corrected chi connectivity index (χ1v) is 11.4. The van der Waals surface area contributed by atoms with Crippen LogP contribution in [0.15, 0.2) is 72.8 Å². The molecule has 0 fully saturated rings. The number of nitriles is 1. The number of rotatable bonds is 7. The van der Waals surface area contributed by atoms with Crippen molar-refractivity contribution in [2.24, 2.45) is 0 Å². The van der Waals surface area contributed by atoms with E-state index in [9.17, 15) is 10.1 Å². The molecule has 35 heavy (non-hydrogen) atoms. The Balaban J connectivity index is 2.01. The molecule has 0 spiro atoms. The molecule has 3 aromatic carbocycles. The molecule has 1 heterocycles. The van der Waals surface area contributed by atoms with Crippen LogP contribution in [0, 0.1) is 11.3 Å². The van der Waals surface area contributed by atoms with Crippen LogP contribution in [-0.4, -0.2) is 23.2 Å². The van der Waals surface area contributed by atoms with Gasteiger partial charge in [0.2, 0.25) is 0 Å². The lowest BCUT2D eigenvalue weighted by molar-refractivity contribution is -0.131. The fourth-order valence-corrected chi connectivity index (χ4v) is 4.50. The third-order valence-electron chi connectivity index (χ3n) is 5.84. The highest BCUT2D eigenvalue weighted by Crippen LogP contribution is 2.40. The molecule has 0 saturated carbocycles. The minimum atomic E-state index is -1.01. The Labute approximate surface area is 208 Å². The highest BCUT2D eigenvalue weighted by Gasteiger charge is 2.21. The van der Waals surface area contributed by atoms with E-state index in [1.807, 2.05) is 60.7 Å². The summed E-state index contributed by atoms with van der Waals surface area (Å²) >= 11 is 6.70. The zero-order valence-corrected chi connectivity index (χ0v) is 20.1. The molecular weight excluding hydrogens is 460 g/mol. The third kappa shape index (κ3) is 4.84. The Morgan fingerprint density at radius 1 is 1.14 bits per heavy atom. The van der Waals surface area contributed by atoms with Crippen LogP contribution < -0.4 is 4.74 Å². The van der Waals surface area contributed by atoms with Gasteiger partial charge in [-0.3, -0.25) is 0 Å². The minimum absolute atomic E-state index is 0.550. The molecule has 0 saturated heterocycles. The van der Waals surface area contributed by atoms with Crippen molar-refractivity contribution >= 4 is 45.7 Å². The van der Waals surface area contributed by atoms with Crippen molar-refractivity contribution in [3.63, 3.8) is 0 Å². The second kappa shape index (κ2) is 10.3. The van der Waals surface area contributed by atoms with Crippen molar-refractivity contribution in [3.05, 3.63) is 106 Å². The maximum Gasteiger partial charge on any atom is 0.328 e. The van der Waals surface area contributed by atoms with E-state index in [0.29, 0.717) is 28.5 Å². The lowest BCUT2D eigenvalue weighted by Gasteiger charge is -2.17. The molecule has 0 atom stereocenters. The number of carbonyl (C=O) groups is 1. The van der Waals surface area contributed by atoms with Crippen LogP contribution >= 0.6 is 11.6 Å². The molecule has 0 bridgehead atoms. The molecule has 0 amide bonds. The molecule has 1 aromatic heterocycles. The van der Waals surface area contributed by atoms with Crippen molar-refractivity contribution in [3.8, 4) is 11.8 Å². The van der Waals surface area contributed by atoms with Crippen LogP contribution in [0.2, 0.25) is 5.02 Å². The topological polar surface area (TPSA) is 86.1 Å². The Bertz CT molecular complexity index is 1510. The third-order valence-corrected chi connectivity index (χ3v) is 6.16. The van der Waals surface area contributed by atoms with Gasteiger partial charge in [0.25, 0.3) is 0 Å². The van der Waals surface area contributed by atoms with Gasteiger partial charge in [0.15, 0.2) is 0 Å². The molecule has 2 N–H and O–H groups in total. The number of nitrogens with zero attached hydrogens (tertiary/aromatic N) is 1. The van der Waals surface area contributed by atoms with E-state index < -0.39 is 5.97 Å². The predicted molar refractivity (Wildman–Crippen MR) is 140 cm³/mol. The number of nitrogens with one attached hydrogen (secondary N) is 1. The highest BCUT2D eigenvalue weighted by atomic mass is 35.5. The lowest BCUT2D eigenvalue weighted by Crippen LogP contribution is -1.98. The number of H-pyrrole nitrogens is 1. The van der Waals surface area contributed by atoms with Crippen LogP contribution in [-0.2, 0) is 4.79 Å². The van der Waals surface area contributed by atoms with Crippen LogP contribution in [0.3, 0.4) is 0 Å². The van der Waals surface area contributed by atoms with E-state index in [4.69, 9.17) is 21.4 Å². The molecule has 0 radical (unpaired) electrons. The number of benzene rings is 3. The number of ether oxygens (including phenoxy) is 1. The van der Waals surface area contributed by atoms with Gasteiger partial charge >= 0.3 is 5.97 Å². The second-order valence-electron chi connectivity index (χ2n) is 7.88. The summed E-state index contributed by atoms with van der Waals surface area (Å²) in [5.41, 5.74) is 6.46. The number of allylic oxidation sites excluding steroid dienone is 1. The smallest absolute Gasteiger partial charge is 0.328 e. The molecule has 4 rings (SSSR count). The van der Waals surface area contributed by atoms with E-state index in [-0.39, 0.29) is 0 Å². The summed E-state index contributed by atoms with van der Waals surface area (Å²) in [6.07, 6.45) is 3.30. The molecule has 0 aliphatic rings. The summed E-state index contributed by atoms with van der Waals surface area (Å²) in [6.45, 7) is 2.05. The van der Waals surface area contributed by atoms with Gasteiger partial charge < -0.3 is 14.8 Å². The van der Waals surface area contributed by atoms with Crippen LogP contribution in [0.25, 0.3) is 28.1 Å². The number of carboxylic acids is 1. The molecule has 4 aromatic rings. The number of hydrogen-bond acceptors (Lipinski definition) is 3. The number of carboxylic acid groups (broad SMARTS) is 1. The van der Waals surface area contributed by atoms with Gasteiger partial charge in [-0.1, -0.05) is 61.0 Å². The van der Waals surface area contributed by atoms with Crippen LogP contribution in [0.4, 0.5) is 0 Å². The van der Waals surface area contributed by atoms with E-state index in [2.05, 4.69) is 18.0 Å². The SMILES string of the molecule is CC/C(=C(/c1ccc(/C=C/C(=O)O)cc1)c1[nH]c2ccccc2c1C#N)c1ccc(OC)cc1Cl. The molecule has 0 unspecified atom stereocenters. The van der Waals surface area contributed by atoms with Gasteiger partial charge in [0.1, 0.15) is 11.8 Å². The molecule has 0 aliphatic carbocycles. The molecular formula is C29H23ClN2O3. The van der Waals surface area contributed by atoms with Gasteiger partial charge in [-0.05, 0) is 59.0 Å². The Kier molecular flexibility index (Phi) is 7.05. The zero-order valence-electron chi connectivity index (χ0n) is 19.3. The summed E-state index contributed by atoms with van der Waals surface area (Å²) in [7, 11) is 1.59. The van der Waals surface area contributed by atoms with Crippen molar-refractivity contribution in [2.45, 2.75) is 13.3 Å². The van der Waals surface area contributed by atoms with E-state index in [0.717, 1.165) is 44.8 Å². The number of halogens is 1. The maximum atomic E-state index is 10.9. The van der Waals surface area contributed by atoms with Crippen molar-refractivity contribution in [1.82, 2.24) is 4.98 Å². The average Bonchev–Trinajstić information content (AvgIpc) is 3.24. The van der Waals surface area contributed by atoms with Crippen LogP contribution in [0.1, 0.15) is 41.3 Å². The number of para-hydroxylation sites is 1. The fourth-order valence-electron chi connectivity index (χ4n) is 4.21. The maximum absolute atomic E-state index is 10.9. The molecule has 5 nitrogen and oxygen atoms in total. The fraction of sp³-hybridized carbons (Fsp3) is 0.103. The van der Waals surface area contributed by atoms with Crippen molar-refractivity contribution in [2.75, 3.05) is 7.11 Å². The van der Waals surface area contributed by atoms with Crippen molar-refractivity contribution < 1.29 is 14.6 Å². The number of aromatic amines is 1. The highest BCUT2D eigenvalue weighted by molar-refractivity contribution is 6.33. The molecule has 174 valence electrons. The van der Waals surface area contributed by atoms with Gasteiger partial charge in [0, 0.05) is 22.6 Å². The number of methoxy groups -OCH3 is 1. The zero-order chi connectivity index (χ0) is 24.9. The van der Waals surface area contributed by atoms with Gasteiger partial charge in [-0.25, -0.2) is 4.79 Å². The first-order valence-electron chi connectivity index (χ1n) is 11.1. The first kappa shape index (κ1) is 23.9. The number of fused-ring (bicyclic) bond motifs is 1. The van der Waals surface area contributed by atoms with E-state index >= 15 is 0 Å². The Morgan fingerprint density at radius 3 is 2.51 bits per heavy atom. The Hall–Kier alpha value is -4.27. The largest absolute Gasteiger partial charge is 0.497 e. The summed E-state index contributed by atoms with van der Waals surface area (Å²) < 4.78 is 5.32. The predicted octanol–water partition coefficient (Wildman–Crippen LogP) is 7.17. The quantitative estimate of drug-likeness (QED) is 0.216. The van der Waals surface area contributed by atoms with E-state index in [1.165, 1.54) is 0 Å². The second-order valence-corrected chi connectivity index (χ2v) is 8.29. The molecule has 0 aliphatic heterocycles. The first-order chi connectivity index (χ1) is 17.0. The van der Waals surface area contributed by atoms with Gasteiger partial charge in [-0.2, -0.15) is 5.26 Å². The summed E-state index contributed by atoms with van der Waals surface area (Å²) in [5.74, 6) is -0.345. The molecule has 6 heteroatoms. The van der Waals surface area contributed by atoms with Crippen molar-refractivity contribution in [1.29, 1.82) is 5.26 Å². The average molecular weight is 483 g/mol. The number of aliphatic carboxylic acids is 1. The Morgan fingerprint density at radius 2 is 1.89 bits per heavy atom. The van der Waals surface area contributed by atoms with E-state index in [1.54, 1.807) is 19.3 Å². The minimum Gasteiger partial charge on any atom is -0.497 e. The van der Waals surface area contributed by atoms with Gasteiger partial charge in [-0.15, -0.1) is 0 Å². The number of aromatic nitrogens is 1. The summed E-state index contributed by atoms with van der Waals surface area (Å²) in [6, 6.07) is 23.2. The summed E-state index contributed by atoms with van der Waals surface area (Å²) in [5, 5.41) is 20.4. The standard InChI is InChI=1S/C29H23ClN2O3/c1-3-21(22-14-13-20(35-2)16-25(22)30)28(19-11-8-18(9-12-19)10-15-27(33)34)29-24(17-31)23-6-4-5-7-26(23)32-29/h4-16,32H,3H2,1-2H3,(H,33,34)/b15-10+,28-21+. The van der Waals surface area contributed by atoms with Crippen LogP contribution in [0.5, 0.6) is 5.75 Å². The van der Waals surface area contributed by atoms with Gasteiger partial charge in [0.05, 0.1) is 23.4 Å². The monoisotopic (exact) mass is 482 g/mol. The number of hydrogen-bond donors (Lipinski definition) is 2. The lowest BCUT2D eigenvalue weighted by atomic mass is 9.89. The normalized spacial score (nSPS) is 11.9.